The van der Waals surface area contributed by atoms with Crippen LogP contribution in [0.2, 0.25) is 0 Å². The summed E-state index contributed by atoms with van der Waals surface area (Å²) in [7, 11) is 0. The second kappa shape index (κ2) is 6.07. The van der Waals surface area contributed by atoms with E-state index in [1.54, 1.807) is 0 Å². The van der Waals surface area contributed by atoms with Gasteiger partial charge in [-0.1, -0.05) is 12.1 Å². The van der Waals surface area contributed by atoms with Crippen molar-refractivity contribution >= 4 is 17.7 Å². The zero-order valence-electron chi connectivity index (χ0n) is 9.74. The Kier molecular flexibility index (Phi) is 4.45. The quantitative estimate of drug-likeness (QED) is 0.788. The largest absolute Gasteiger partial charge is 0.481 e. The van der Waals surface area contributed by atoms with Crippen LogP contribution in [0.5, 0.6) is 0 Å². The Morgan fingerprint density at radius 3 is 3.18 bits per heavy atom. The lowest BCUT2D eigenvalue weighted by atomic mass is 10.1. The van der Waals surface area contributed by atoms with Crippen LogP contribution in [-0.4, -0.2) is 23.4 Å². The Morgan fingerprint density at radius 2 is 2.35 bits per heavy atom. The van der Waals surface area contributed by atoms with Crippen LogP contribution in [0.4, 0.5) is 0 Å². The number of aryl methyl sites for hydroxylation is 1. The SMILES string of the molecule is O=C(O)CCNCc1ccc2c(c1)CCCS2. The lowest BCUT2D eigenvalue weighted by Gasteiger charge is -2.16. The van der Waals surface area contributed by atoms with Crippen LogP contribution in [-0.2, 0) is 17.8 Å². The first kappa shape index (κ1) is 12.5. The molecule has 2 N–H and O–H groups in total. The van der Waals surface area contributed by atoms with Crippen molar-refractivity contribution in [2.45, 2.75) is 30.7 Å². The number of hydrogen-bond acceptors (Lipinski definition) is 3. The first-order valence-electron chi connectivity index (χ1n) is 5.93. The average Bonchev–Trinajstić information content (AvgIpc) is 2.34. The van der Waals surface area contributed by atoms with Gasteiger partial charge in [0.25, 0.3) is 0 Å². The van der Waals surface area contributed by atoms with E-state index < -0.39 is 5.97 Å². The number of hydrogen-bond donors (Lipinski definition) is 2. The molecule has 0 saturated heterocycles. The molecular formula is C13H17NO2S. The summed E-state index contributed by atoms with van der Waals surface area (Å²) in [6.07, 6.45) is 2.61. The molecule has 0 unspecified atom stereocenters. The molecule has 1 aromatic rings. The highest BCUT2D eigenvalue weighted by atomic mass is 32.2. The molecule has 1 aliphatic rings. The molecule has 0 fully saturated rings. The van der Waals surface area contributed by atoms with E-state index in [4.69, 9.17) is 5.11 Å². The molecule has 0 spiro atoms. The fourth-order valence-corrected chi connectivity index (χ4v) is 2.97. The maximum absolute atomic E-state index is 10.4. The highest BCUT2D eigenvalue weighted by molar-refractivity contribution is 7.99. The van der Waals surface area contributed by atoms with E-state index in [1.165, 1.54) is 34.6 Å². The lowest BCUT2D eigenvalue weighted by molar-refractivity contribution is -0.136. The molecule has 1 heterocycles. The number of carbonyl (C=O) groups is 1. The van der Waals surface area contributed by atoms with Gasteiger partial charge in [-0.3, -0.25) is 4.79 Å². The van der Waals surface area contributed by atoms with Gasteiger partial charge in [0.1, 0.15) is 0 Å². The van der Waals surface area contributed by atoms with Crippen LogP contribution in [0, 0.1) is 0 Å². The van der Waals surface area contributed by atoms with Crippen LogP contribution in [0.1, 0.15) is 24.0 Å². The molecular weight excluding hydrogens is 234 g/mol. The summed E-state index contributed by atoms with van der Waals surface area (Å²) in [5, 5.41) is 11.7. The van der Waals surface area contributed by atoms with Crippen molar-refractivity contribution in [1.29, 1.82) is 0 Å². The van der Waals surface area contributed by atoms with Crippen molar-refractivity contribution in [3.63, 3.8) is 0 Å². The third-order valence-electron chi connectivity index (χ3n) is 2.82. The van der Waals surface area contributed by atoms with E-state index in [1.807, 2.05) is 11.8 Å². The highest BCUT2D eigenvalue weighted by Gasteiger charge is 2.09. The van der Waals surface area contributed by atoms with Crippen molar-refractivity contribution in [3.05, 3.63) is 29.3 Å². The number of aliphatic carboxylic acids is 1. The van der Waals surface area contributed by atoms with Crippen LogP contribution >= 0.6 is 11.8 Å². The molecule has 2 rings (SSSR count). The zero-order valence-corrected chi connectivity index (χ0v) is 10.6. The molecule has 4 heteroatoms. The van der Waals surface area contributed by atoms with Crippen molar-refractivity contribution in [1.82, 2.24) is 5.32 Å². The molecule has 0 bridgehead atoms. The standard InChI is InChI=1S/C13H17NO2S/c15-13(16)5-6-14-9-10-3-4-12-11(8-10)2-1-7-17-12/h3-4,8,14H,1-2,5-7,9H2,(H,15,16). The molecule has 0 radical (unpaired) electrons. The first-order chi connectivity index (χ1) is 8.25. The number of carboxylic acids is 1. The molecule has 0 aliphatic carbocycles. The summed E-state index contributed by atoms with van der Waals surface area (Å²) in [6, 6.07) is 6.56. The third kappa shape index (κ3) is 3.75. The van der Waals surface area contributed by atoms with Crippen LogP contribution in [0.3, 0.4) is 0 Å². The normalized spacial score (nSPS) is 14.4. The summed E-state index contributed by atoms with van der Waals surface area (Å²) >= 11 is 1.93. The van der Waals surface area contributed by atoms with Gasteiger partial charge in [-0.2, -0.15) is 0 Å². The zero-order chi connectivity index (χ0) is 12.1. The van der Waals surface area contributed by atoms with E-state index in [-0.39, 0.29) is 6.42 Å². The van der Waals surface area contributed by atoms with Gasteiger partial charge >= 0.3 is 5.97 Å². The molecule has 0 atom stereocenters. The van der Waals surface area contributed by atoms with Crippen LogP contribution in [0.15, 0.2) is 23.1 Å². The summed E-state index contributed by atoms with van der Waals surface area (Å²) in [5.41, 5.74) is 2.69. The van der Waals surface area contributed by atoms with Gasteiger partial charge in [0.05, 0.1) is 6.42 Å². The van der Waals surface area contributed by atoms with Crippen molar-refractivity contribution in [2.75, 3.05) is 12.3 Å². The summed E-state index contributed by atoms with van der Waals surface area (Å²) in [5.74, 6) is 0.475. The van der Waals surface area contributed by atoms with Gasteiger partial charge in [-0.05, 0) is 35.8 Å². The predicted octanol–water partition coefficient (Wildman–Crippen LogP) is 2.29. The molecule has 17 heavy (non-hydrogen) atoms. The number of benzene rings is 1. The minimum Gasteiger partial charge on any atom is -0.481 e. The number of nitrogens with one attached hydrogen (secondary N) is 1. The van der Waals surface area contributed by atoms with Crippen molar-refractivity contribution < 1.29 is 9.90 Å². The van der Waals surface area contributed by atoms with Crippen LogP contribution in [0.25, 0.3) is 0 Å². The Hall–Kier alpha value is -1.00. The van der Waals surface area contributed by atoms with Gasteiger partial charge in [0, 0.05) is 18.0 Å². The number of rotatable bonds is 5. The fraction of sp³-hybridized carbons (Fsp3) is 0.462. The van der Waals surface area contributed by atoms with E-state index in [0.717, 1.165) is 6.54 Å². The minimum absolute atomic E-state index is 0.181. The lowest BCUT2D eigenvalue weighted by Crippen LogP contribution is -2.17. The van der Waals surface area contributed by atoms with E-state index in [9.17, 15) is 4.79 Å². The molecule has 92 valence electrons. The smallest absolute Gasteiger partial charge is 0.304 e. The van der Waals surface area contributed by atoms with E-state index >= 15 is 0 Å². The molecule has 1 aromatic carbocycles. The number of carboxylic acid groups (broad SMARTS) is 1. The Bertz CT molecular complexity index is 406. The summed E-state index contributed by atoms with van der Waals surface area (Å²) in [4.78, 5) is 11.8. The fourth-order valence-electron chi connectivity index (χ4n) is 1.95. The van der Waals surface area contributed by atoms with Gasteiger partial charge in [-0.25, -0.2) is 0 Å². The molecule has 0 aromatic heterocycles. The first-order valence-corrected chi connectivity index (χ1v) is 6.91. The maximum atomic E-state index is 10.4. The summed E-state index contributed by atoms with van der Waals surface area (Å²) in [6.45, 7) is 1.28. The van der Waals surface area contributed by atoms with Crippen molar-refractivity contribution in [2.24, 2.45) is 0 Å². The van der Waals surface area contributed by atoms with Gasteiger partial charge in [-0.15, -0.1) is 11.8 Å². The minimum atomic E-state index is -0.751. The molecule has 0 amide bonds. The topological polar surface area (TPSA) is 49.3 Å². The average molecular weight is 251 g/mol. The monoisotopic (exact) mass is 251 g/mol. The summed E-state index contributed by atoms with van der Waals surface area (Å²) < 4.78 is 0. The van der Waals surface area contributed by atoms with Gasteiger partial charge in [0.15, 0.2) is 0 Å². The second-order valence-electron chi connectivity index (χ2n) is 4.21. The Morgan fingerprint density at radius 1 is 1.47 bits per heavy atom. The van der Waals surface area contributed by atoms with E-state index in [0.29, 0.717) is 6.54 Å². The van der Waals surface area contributed by atoms with Crippen LogP contribution < -0.4 is 5.32 Å². The highest BCUT2D eigenvalue weighted by Crippen LogP contribution is 2.30. The van der Waals surface area contributed by atoms with Gasteiger partial charge < -0.3 is 10.4 Å². The second-order valence-corrected chi connectivity index (χ2v) is 5.35. The Labute approximate surface area is 106 Å². The molecule has 3 nitrogen and oxygen atoms in total. The molecule has 1 aliphatic heterocycles. The number of thioether (sulfide) groups is 1. The van der Waals surface area contributed by atoms with Crippen molar-refractivity contribution in [3.8, 4) is 0 Å². The predicted molar refractivity (Wildman–Crippen MR) is 69.4 cm³/mol. The third-order valence-corrected chi connectivity index (χ3v) is 4.02. The Balaban J connectivity index is 1.86. The van der Waals surface area contributed by atoms with E-state index in [2.05, 4.69) is 23.5 Å². The van der Waals surface area contributed by atoms with Gasteiger partial charge in [0.2, 0.25) is 0 Å². The molecule has 0 saturated carbocycles. The maximum Gasteiger partial charge on any atom is 0.304 e. The number of fused-ring (bicyclic) bond motifs is 1.